The molecule has 0 atom stereocenters. The number of hydrogen-bond acceptors (Lipinski definition) is 13. The van der Waals surface area contributed by atoms with Crippen molar-refractivity contribution in [2.45, 2.75) is 29.4 Å². The van der Waals surface area contributed by atoms with Gasteiger partial charge < -0.3 is 16.0 Å². The molecule has 0 fully saturated rings. The fourth-order valence-electron chi connectivity index (χ4n) is 3.85. The summed E-state index contributed by atoms with van der Waals surface area (Å²) in [6, 6.07) is 18.5. The highest BCUT2D eigenvalue weighted by Crippen LogP contribution is 2.14. The summed E-state index contributed by atoms with van der Waals surface area (Å²) in [5.74, 6) is 0.333. The van der Waals surface area contributed by atoms with Crippen molar-refractivity contribution in [2.24, 2.45) is 0 Å². The summed E-state index contributed by atoms with van der Waals surface area (Å²) in [5.41, 5.74) is 16.8. The first-order valence-corrected chi connectivity index (χ1v) is 18.3. The number of nitrogens with one attached hydrogen (secondary N) is 9. The van der Waals surface area contributed by atoms with E-state index in [9.17, 15) is 31.2 Å². The van der Waals surface area contributed by atoms with Crippen LogP contribution in [0.3, 0.4) is 0 Å². The van der Waals surface area contributed by atoms with Crippen LogP contribution >= 0.6 is 0 Å². The van der Waals surface area contributed by atoms with E-state index in [1.807, 2.05) is 6.07 Å². The Morgan fingerprint density at radius 3 is 1.08 bits per heavy atom. The van der Waals surface area contributed by atoms with E-state index in [0.717, 1.165) is 12.5 Å². The van der Waals surface area contributed by atoms with Crippen LogP contribution in [0.2, 0.25) is 0 Å². The third-order valence-corrected chi connectivity index (χ3v) is 8.55. The minimum absolute atomic E-state index is 0.105. The van der Waals surface area contributed by atoms with Crippen molar-refractivity contribution in [1.82, 2.24) is 47.2 Å². The third kappa shape index (κ3) is 12.1. The second-order valence-electron chi connectivity index (χ2n) is 10.3. The Morgan fingerprint density at radius 1 is 0.480 bits per heavy atom. The minimum atomic E-state index is -3.37. The molecule has 0 aliphatic rings. The van der Waals surface area contributed by atoms with Crippen LogP contribution in [0.25, 0.3) is 0 Å². The second-order valence-corrected chi connectivity index (χ2v) is 14.4. The van der Waals surface area contributed by atoms with Gasteiger partial charge in [0.1, 0.15) is 0 Å². The first-order chi connectivity index (χ1) is 23.7. The number of nitrogens with zero attached hydrogens (tertiary/aromatic N) is 3. The van der Waals surface area contributed by atoms with Crippen molar-refractivity contribution in [1.29, 1.82) is 0 Å². The number of hydrazine groups is 3. The number of sulfone groups is 2. The smallest absolute Gasteiger partial charge is 0.329 e. The number of urea groups is 3. The fourth-order valence-corrected chi connectivity index (χ4v) is 5.11. The highest BCUT2D eigenvalue weighted by Gasteiger charge is 2.12. The van der Waals surface area contributed by atoms with Crippen LogP contribution in [0.5, 0.6) is 0 Å². The molecule has 4 aromatic rings. The molecular formula is C29H34N12O7S2. The minimum Gasteiger partial charge on any atom is -0.329 e. The highest BCUT2D eigenvalue weighted by atomic mass is 32.2. The molecule has 1 heterocycles. The zero-order chi connectivity index (χ0) is 36.1. The van der Waals surface area contributed by atoms with E-state index in [4.69, 9.17) is 0 Å². The van der Waals surface area contributed by atoms with E-state index in [1.54, 1.807) is 24.3 Å². The first-order valence-electron chi connectivity index (χ1n) is 14.5. The van der Waals surface area contributed by atoms with Gasteiger partial charge in [-0.3, -0.25) is 32.6 Å². The van der Waals surface area contributed by atoms with Gasteiger partial charge in [-0.1, -0.05) is 18.2 Å². The maximum absolute atomic E-state index is 12.4. The van der Waals surface area contributed by atoms with Gasteiger partial charge in [0.15, 0.2) is 37.1 Å². The molecule has 50 heavy (non-hydrogen) atoms. The maximum Gasteiger partial charge on any atom is 0.333 e. The van der Waals surface area contributed by atoms with Gasteiger partial charge in [-0.2, -0.15) is 0 Å². The lowest BCUT2D eigenvalue weighted by Gasteiger charge is -2.13. The number of amides is 6. The molecule has 0 spiro atoms. The number of carbonyl (C=O) groups is 3. The number of hydrogen-bond donors (Lipinski definition) is 9. The molecule has 0 saturated heterocycles. The highest BCUT2D eigenvalue weighted by molar-refractivity contribution is 7.91. The largest absolute Gasteiger partial charge is 0.333 e. The van der Waals surface area contributed by atoms with Crippen LogP contribution in [-0.4, -0.2) is 62.4 Å². The van der Waals surface area contributed by atoms with Gasteiger partial charge in [0.05, 0.1) is 46.5 Å². The van der Waals surface area contributed by atoms with Gasteiger partial charge in [-0.25, -0.2) is 46.2 Å². The molecule has 264 valence electrons. The molecule has 9 N–H and O–H groups in total. The van der Waals surface area contributed by atoms with Crippen LogP contribution in [-0.2, 0) is 39.3 Å². The van der Waals surface area contributed by atoms with E-state index < -0.39 is 37.8 Å². The lowest BCUT2D eigenvalue weighted by Crippen LogP contribution is -2.40. The number of carbonyl (C=O) groups excluding carboxylic acids is 3. The average Bonchev–Trinajstić information content (AvgIpc) is 3.09. The van der Waals surface area contributed by atoms with Crippen molar-refractivity contribution in [3.05, 3.63) is 96.3 Å². The van der Waals surface area contributed by atoms with Gasteiger partial charge in [-0.15, -0.1) is 0 Å². The molecule has 3 aromatic carbocycles. The summed E-state index contributed by atoms with van der Waals surface area (Å²) < 4.78 is 46.6. The molecule has 6 amide bonds. The Balaban J connectivity index is 1.34. The SMILES string of the molecule is CS(=O)(=O)c1ccc(NNC(=O)NCc2nc(CNC(=O)NNc3ccccc3)nc(CNC(=O)NNc3ccc(S(C)(=O)=O)cc3)n2)cc1. The quantitative estimate of drug-likeness (QED) is 0.0827. The van der Waals surface area contributed by atoms with Gasteiger partial charge in [0, 0.05) is 12.5 Å². The van der Waals surface area contributed by atoms with Crippen LogP contribution in [0, 0.1) is 0 Å². The fraction of sp³-hybridized carbons (Fsp3) is 0.172. The summed E-state index contributed by atoms with van der Waals surface area (Å²) >= 11 is 0. The second kappa shape index (κ2) is 16.7. The van der Waals surface area contributed by atoms with E-state index in [-0.39, 0.29) is 46.9 Å². The third-order valence-electron chi connectivity index (χ3n) is 6.30. The molecule has 21 heteroatoms. The molecular weight excluding hydrogens is 693 g/mol. The van der Waals surface area contributed by atoms with Crippen molar-refractivity contribution in [3.63, 3.8) is 0 Å². The maximum atomic E-state index is 12.4. The van der Waals surface area contributed by atoms with Gasteiger partial charge in [0.25, 0.3) is 0 Å². The van der Waals surface area contributed by atoms with Crippen LogP contribution in [0.15, 0.2) is 88.7 Å². The Labute approximate surface area is 287 Å². The van der Waals surface area contributed by atoms with Crippen LogP contribution in [0.1, 0.15) is 17.5 Å². The summed E-state index contributed by atoms with van der Waals surface area (Å²) in [5, 5.41) is 7.72. The van der Waals surface area contributed by atoms with Crippen LogP contribution in [0.4, 0.5) is 31.4 Å². The predicted molar refractivity (Wildman–Crippen MR) is 182 cm³/mol. The molecule has 0 saturated carbocycles. The average molecular weight is 727 g/mol. The van der Waals surface area contributed by atoms with E-state index >= 15 is 0 Å². The zero-order valence-corrected chi connectivity index (χ0v) is 28.3. The summed E-state index contributed by atoms with van der Waals surface area (Å²) in [7, 11) is -6.75. The molecule has 0 radical (unpaired) electrons. The number of rotatable bonds is 14. The van der Waals surface area contributed by atoms with Crippen LogP contribution < -0.4 is 48.5 Å². The predicted octanol–water partition coefficient (Wildman–Crippen LogP) is 1.16. The number of anilines is 3. The Hall–Kier alpha value is -6.22. The van der Waals surface area contributed by atoms with Crippen molar-refractivity contribution >= 4 is 54.8 Å². The lowest BCUT2D eigenvalue weighted by molar-refractivity contribution is 0.241. The van der Waals surface area contributed by atoms with Crippen molar-refractivity contribution < 1.29 is 31.2 Å². The molecule has 4 rings (SSSR count). The summed E-state index contributed by atoms with van der Waals surface area (Å²) in [4.78, 5) is 50.3. The van der Waals surface area contributed by atoms with E-state index in [0.29, 0.717) is 17.1 Å². The molecule has 0 unspecified atom stereocenters. The van der Waals surface area contributed by atoms with Gasteiger partial charge >= 0.3 is 18.1 Å². The Morgan fingerprint density at radius 2 is 0.780 bits per heavy atom. The number of aromatic nitrogens is 3. The number of benzene rings is 3. The van der Waals surface area contributed by atoms with E-state index in [1.165, 1.54) is 48.5 Å². The number of para-hydroxylation sites is 1. The Kier molecular flexibility index (Phi) is 12.3. The van der Waals surface area contributed by atoms with Crippen molar-refractivity contribution in [3.8, 4) is 0 Å². The summed E-state index contributed by atoms with van der Waals surface area (Å²) in [6.07, 6.45) is 2.17. The molecule has 1 aromatic heterocycles. The first kappa shape index (κ1) is 36.6. The van der Waals surface area contributed by atoms with E-state index in [2.05, 4.69) is 63.5 Å². The van der Waals surface area contributed by atoms with Gasteiger partial charge in [-0.05, 0) is 60.7 Å². The van der Waals surface area contributed by atoms with Crippen molar-refractivity contribution in [2.75, 3.05) is 28.8 Å². The molecule has 0 bridgehead atoms. The topological polar surface area (TPSA) is 266 Å². The Bertz CT molecular complexity index is 1900. The summed E-state index contributed by atoms with van der Waals surface area (Å²) in [6.45, 7) is -0.497. The zero-order valence-electron chi connectivity index (χ0n) is 26.6. The molecule has 19 nitrogen and oxygen atoms in total. The molecule has 0 aliphatic carbocycles. The normalized spacial score (nSPS) is 11.0. The standard InChI is InChI=1S/C29H34N12O7S2/c1-49(45,46)22-12-8-20(9-13-22)37-40-28(43)31-17-25-33-24(16-30-27(42)39-36-19-6-4-3-5-7-19)34-26(35-25)18-32-29(44)41-38-21-10-14-23(15-11-21)50(2,47)48/h3-15,36-38H,16-18H2,1-2H3,(H2,30,39,42)(H2,31,40,43)(H2,32,41,44). The van der Waals surface area contributed by atoms with Gasteiger partial charge in [0.2, 0.25) is 0 Å². The lowest BCUT2D eigenvalue weighted by atomic mass is 10.3. The monoisotopic (exact) mass is 726 g/mol. The molecule has 0 aliphatic heterocycles.